The fourth-order valence-corrected chi connectivity index (χ4v) is 4.57. The van der Waals surface area contributed by atoms with Crippen molar-refractivity contribution in [3.05, 3.63) is 111 Å². The Morgan fingerprint density at radius 1 is 0.900 bits per heavy atom. The highest BCUT2D eigenvalue weighted by Crippen LogP contribution is 2.25. The number of benzene rings is 2. The third kappa shape index (κ3) is 3.64. The summed E-state index contributed by atoms with van der Waals surface area (Å²) in [6.45, 7) is 2.89. The first-order chi connectivity index (χ1) is 14.7. The molecule has 2 aromatic heterocycles. The minimum Gasteiger partial charge on any atom is -0.294 e. The molecule has 0 amide bonds. The summed E-state index contributed by atoms with van der Waals surface area (Å²) in [5.41, 5.74) is 5.09. The van der Waals surface area contributed by atoms with Crippen LogP contribution in [-0.4, -0.2) is 21.0 Å². The van der Waals surface area contributed by atoms with E-state index in [-0.39, 0.29) is 5.56 Å². The highest BCUT2D eigenvalue weighted by molar-refractivity contribution is 6.30. The lowest BCUT2D eigenvalue weighted by atomic mass is 9.97. The lowest BCUT2D eigenvalue weighted by molar-refractivity contribution is 0.244. The summed E-state index contributed by atoms with van der Waals surface area (Å²) < 4.78 is 1.80. The molecule has 3 heterocycles. The van der Waals surface area contributed by atoms with Gasteiger partial charge >= 0.3 is 0 Å². The Labute approximate surface area is 180 Å². The number of hydrogen-bond acceptors (Lipinski definition) is 3. The molecule has 0 saturated heterocycles. The summed E-state index contributed by atoms with van der Waals surface area (Å²) in [5, 5.41) is 1.75. The van der Waals surface area contributed by atoms with E-state index in [4.69, 9.17) is 11.6 Å². The number of halogens is 1. The maximum Gasteiger partial charge on any atom is 0.257 e. The number of pyridine rings is 2. The summed E-state index contributed by atoms with van der Waals surface area (Å²) in [5.74, 6) is 0. The molecule has 4 nitrogen and oxygen atoms in total. The van der Waals surface area contributed by atoms with Crippen LogP contribution in [0.4, 0.5) is 0 Å². The first-order valence-electron chi connectivity index (χ1n) is 10.2. The van der Waals surface area contributed by atoms with Gasteiger partial charge in [-0.3, -0.25) is 14.3 Å². The Bertz CT molecular complexity index is 1270. The van der Waals surface area contributed by atoms with E-state index in [1.165, 1.54) is 5.56 Å². The second-order valence-electron chi connectivity index (χ2n) is 7.80. The molecule has 150 valence electrons. The van der Waals surface area contributed by atoms with Crippen molar-refractivity contribution in [3.63, 3.8) is 0 Å². The van der Waals surface area contributed by atoms with Crippen molar-refractivity contribution < 1.29 is 0 Å². The molecule has 0 saturated carbocycles. The first-order valence-corrected chi connectivity index (χ1v) is 10.6. The topological polar surface area (TPSA) is 38.1 Å². The molecule has 0 unspecified atom stereocenters. The highest BCUT2D eigenvalue weighted by Gasteiger charge is 2.24. The molecule has 30 heavy (non-hydrogen) atoms. The van der Waals surface area contributed by atoms with Crippen LogP contribution < -0.4 is 5.56 Å². The summed E-state index contributed by atoms with van der Waals surface area (Å²) in [6.07, 6.45) is 2.62. The maximum absolute atomic E-state index is 13.6. The third-order valence-electron chi connectivity index (χ3n) is 5.77. The van der Waals surface area contributed by atoms with E-state index in [1.807, 2.05) is 36.4 Å². The van der Waals surface area contributed by atoms with Crippen molar-refractivity contribution in [3.8, 4) is 0 Å². The van der Waals surface area contributed by atoms with Crippen LogP contribution in [0.25, 0.3) is 11.0 Å². The molecule has 0 N–H and O–H groups in total. The molecule has 2 aromatic carbocycles. The average Bonchev–Trinajstić information content (AvgIpc) is 2.77. The minimum absolute atomic E-state index is 0.0499. The van der Waals surface area contributed by atoms with Crippen molar-refractivity contribution in [2.75, 3.05) is 6.54 Å². The van der Waals surface area contributed by atoms with E-state index in [0.717, 1.165) is 47.2 Å². The second-order valence-corrected chi connectivity index (χ2v) is 8.24. The Kier molecular flexibility index (Phi) is 5.11. The monoisotopic (exact) mass is 415 g/mol. The average molecular weight is 416 g/mol. The van der Waals surface area contributed by atoms with Crippen molar-refractivity contribution in [1.82, 2.24) is 14.5 Å². The maximum atomic E-state index is 13.6. The SMILES string of the molecule is O=c1c2c(c3cccnc3n1Cc1cccc(Cl)c1)CCN(Cc1ccccc1)C2. The van der Waals surface area contributed by atoms with Gasteiger partial charge < -0.3 is 0 Å². The van der Waals surface area contributed by atoms with Crippen LogP contribution in [-0.2, 0) is 26.1 Å². The van der Waals surface area contributed by atoms with Crippen molar-refractivity contribution in [2.45, 2.75) is 26.1 Å². The summed E-state index contributed by atoms with van der Waals surface area (Å²) in [6, 6.07) is 22.1. The van der Waals surface area contributed by atoms with Gasteiger partial charge in [0.25, 0.3) is 5.56 Å². The van der Waals surface area contributed by atoms with E-state index in [9.17, 15) is 4.79 Å². The predicted octanol–water partition coefficient (Wildman–Crippen LogP) is 4.66. The van der Waals surface area contributed by atoms with E-state index < -0.39 is 0 Å². The standard InChI is InChI=1S/C25H22ClN3O/c26-20-9-4-8-19(14-20)16-29-24-22(10-5-12-27-24)21-11-13-28(17-23(21)25(29)30)15-18-6-2-1-3-7-18/h1-10,12,14H,11,13,15-17H2. The molecule has 5 rings (SSSR count). The van der Waals surface area contributed by atoms with Crippen LogP contribution >= 0.6 is 11.6 Å². The van der Waals surface area contributed by atoms with Crippen LogP contribution in [0.1, 0.15) is 22.3 Å². The molecular weight excluding hydrogens is 394 g/mol. The molecule has 5 heteroatoms. The van der Waals surface area contributed by atoms with E-state index in [1.54, 1.807) is 10.8 Å². The van der Waals surface area contributed by atoms with E-state index >= 15 is 0 Å². The Balaban J connectivity index is 1.57. The third-order valence-corrected chi connectivity index (χ3v) is 6.01. The van der Waals surface area contributed by atoms with Gasteiger partial charge in [0.1, 0.15) is 5.65 Å². The van der Waals surface area contributed by atoms with Gasteiger partial charge in [-0.2, -0.15) is 0 Å². The fraction of sp³-hybridized carbons (Fsp3) is 0.200. The molecule has 0 radical (unpaired) electrons. The number of aromatic nitrogens is 2. The lowest BCUT2D eigenvalue weighted by Gasteiger charge is -2.30. The molecule has 0 atom stereocenters. The fourth-order valence-electron chi connectivity index (χ4n) is 4.36. The summed E-state index contributed by atoms with van der Waals surface area (Å²) in [7, 11) is 0. The Hall–Kier alpha value is -2.95. The van der Waals surface area contributed by atoms with Crippen molar-refractivity contribution >= 4 is 22.6 Å². The molecule has 0 fully saturated rings. The van der Waals surface area contributed by atoms with E-state index in [0.29, 0.717) is 18.1 Å². The zero-order valence-corrected chi connectivity index (χ0v) is 17.3. The summed E-state index contributed by atoms with van der Waals surface area (Å²) >= 11 is 6.17. The molecular formula is C25H22ClN3O. The molecule has 0 aliphatic carbocycles. The quantitative estimate of drug-likeness (QED) is 0.486. The summed E-state index contributed by atoms with van der Waals surface area (Å²) in [4.78, 5) is 20.5. The van der Waals surface area contributed by atoms with Crippen LogP contribution in [0.5, 0.6) is 0 Å². The predicted molar refractivity (Wildman–Crippen MR) is 121 cm³/mol. The zero-order valence-electron chi connectivity index (χ0n) is 16.6. The van der Waals surface area contributed by atoms with Gasteiger partial charge in [-0.1, -0.05) is 54.1 Å². The molecule has 4 aromatic rings. The van der Waals surface area contributed by atoms with Crippen LogP contribution in [0.3, 0.4) is 0 Å². The molecule has 0 spiro atoms. The smallest absolute Gasteiger partial charge is 0.257 e. The second kappa shape index (κ2) is 8.05. The van der Waals surface area contributed by atoms with Crippen molar-refractivity contribution in [1.29, 1.82) is 0 Å². The van der Waals surface area contributed by atoms with Gasteiger partial charge in [0.2, 0.25) is 0 Å². The molecule has 1 aliphatic heterocycles. The number of hydrogen-bond donors (Lipinski definition) is 0. The van der Waals surface area contributed by atoms with E-state index in [2.05, 4.69) is 40.2 Å². The highest BCUT2D eigenvalue weighted by atomic mass is 35.5. The Morgan fingerprint density at radius 2 is 1.73 bits per heavy atom. The van der Waals surface area contributed by atoms with Gasteiger partial charge in [-0.05, 0) is 47.4 Å². The van der Waals surface area contributed by atoms with Crippen LogP contribution in [0.15, 0.2) is 77.7 Å². The van der Waals surface area contributed by atoms with Gasteiger partial charge in [0.15, 0.2) is 0 Å². The molecule has 1 aliphatic rings. The number of rotatable bonds is 4. The van der Waals surface area contributed by atoms with Crippen LogP contribution in [0, 0.1) is 0 Å². The minimum atomic E-state index is 0.0499. The number of fused-ring (bicyclic) bond motifs is 3. The zero-order chi connectivity index (χ0) is 20.5. The van der Waals surface area contributed by atoms with Crippen LogP contribution in [0.2, 0.25) is 5.02 Å². The lowest BCUT2D eigenvalue weighted by Crippen LogP contribution is -2.37. The van der Waals surface area contributed by atoms with Crippen molar-refractivity contribution in [2.24, 2.45) is 0 Å². The van der Waals surface area contributed by atoms with Gasteiger partial charge in [0, 0.05) is 41.8 Å². The van der Waals surface area contributed by atoms with Gasteiger partial charge in [-0.15, -0.1) is 0 Å². The normalized spacial score (nSPS) is 14.0. The largest absolute Gasteiger partial charge is 0.294 e. The van der Waals surface area contributed by atoms with Gasteiger partial charge in [0.05, 0.1) is 6.54 Å². The first kappa shape index (κ1) is 19.0. The molecule has 0 bridgehead atoms. The Morgan fingerprint density at radius 3 is 2.57 bits per heavy atom. The number of nitrogens with zero attached hydrogens (tertiary/aromatic N) is 3. The van der Waals surface area contributed by atoms with Gasteiger partial charge in [-0.25, -0.2) is 4.98 Å².